The topological polar surface area (TPSA) is 29.3 Å². The number of nitrogens with two attached hydrogens (primary N) is 1. The number of benzene rings is 1. The number of hydrogen-bond acceptors (Lipinski definition) is 2. The summed E-state index contributed by atoms with van der Waals surface area (Å²) >= 11 is 0. The van der Waals surface area contributed by atoms with E-state index in [9.17, 15) is 0 Å². The molecule has 2 atom stereocenters. The van der Waals surface area contributed by atoms with E-state index in [-0.39, 0.29) is 0 Å². The lowest BCUT2D eigenvalue weighted by molar-refractivity contribution is 0.121. The third-order valence-corrected chi connectivity index (χ3v) is 5.37. The van der Waals surface area contributed by atoms with Gasteiger partial charge in [-0.1, -0.05) is 39.0 Å². The third kappa shape index (κ3) is 4.81. The Bertz CT molecular complexity index is 529. The Labute approximate surface area is 142 Å². The molecule has 0 radical (unpaired) electrons. The summed E-state index contributed by atoms with van der Waals surface area (Å²) in [4.78, 5) is 2.59. The summed E-state index contributed by atoms with van der Waals surface area (Å²) in [5.74, 6) is 0.747. The molecule has 2 unspecified atom stereocenters. The Balaban J connectivity index is 1.64. The largest absolute Gasteiger partial charge is 0.327 e. The highest BCUT2D eigenvalue weighted by Crippen LogP contribution is 2.30. The highest BCUT2D eigenvalue weighted by molar-refractivity contribution is 5.33. The van der Waals surface area contributed by atoms with E-state index in [1.807, 2.05) is 0 Å². The van der Waals surface area contributed by atoms with Gasteiger partial charge in [0, 0.05) is 25.7 Å². The standard InChI is InChI=1S/C21H34N2/c1-21(2,3)12-17-11-20(22)15-23(14-17)13-16-8-9-18-6-4-5-7-19(18)10-16/h8-10,17,20H,4-7,11-15,22H2,1-3H3. The number of hydrogen-bond donors (Lipinski definition) is 1. The second-order valence-corrected chi connectivity index (χ2v) is 9.13. The summed E-state index contributed by atoms with van der Waals surface area (Å²) < 4.78 is 0. The first-order valence-corrected chi connectivity index (χ1v) is 9.48. The molecule has 2 aliphatic rings. The van der Waals surface area contributed by atoms with E-state index in [0.717, 1.165) is 19.0 Å². The minimum atomic E-state index is 0.341. The molecule has 1 aromatic rings. The summed E-state index contributed by atoms with van der Waals surface area (Å²) in [7, 11) is 0. The maximum absolute atomic E-state index is 6.36. The Kier molecular flexibility index (Phi) is 5.13. The third-order valence-electron chi connectivity index (χ3n) is 5.37. The van der Waals surface area contributed by atoms with Crippen LogP contribution in [0.25, 0.3) is 0 Å². The van der Waals surface area contributed by atoms with Gasteiger partial charge in [0.2, 0.25) is 0 Å². The average molecular weight is 315 g/mol. The summed E-state index contributed by atoms with van der Waals surface area (Å²) in [6.07, 6.45) is 7.74. The molecule has 1 saturated heterocycles. The van der Waals surface area contributed by atoms with Crippen molar-refractivity contribution in [1.82, 2.24) is 4.90 Å². The first kappa shape index (κ1) is 17.0. The van der Waals surface area contributed by atoms with Crippen LogP contribution in [0.4, 0.5) is 0 Å². The van der Waals surface area contributed by atoms with Crippen LogP contribution in [0.3, 0.4) is 0 Å². The molecule has 0 spiro atoms. The summed E-state index contributed by atoms with van der Waals surface area (Å²) in [6, 6.07) is 7.53. The Hall–Kier alpha value is -0.860. The van der Waals surface area contributed by atoms with Gasteiger partial charge in [0.1, 0.15) is 0 Å². The van der Waals surface area contributed by atoms with E-state index >= 15 is 0 Å². The molecule has 1 fully saturated rings. The number of nitrogens with zero attached hydrogens (tertiary/aromatic N) is 1. The quantitative estimate of drug-likeness (QED) is 0.908. The molecule has 2 N–H and O–H groups in total. The van der Waals surface area contributed by atoms with Crippen LogP contribution in [0.5, 0.6) is 0 Å². The van der Waals surface area contributed by atoms with Crippen LogP contribution in [0, 0.1) is 11.3 Å². The predicted octanol–water partition coefficient (Wildman–Crippen LogP) is 4.15. The fourth-order valence-electron chi connectivity index (χ4n) is 4.63. The van der Waals surface area contributed by atoms with Crippen molar-refractivity contribution in [2.24, 2.45) is 17.1 Å². The molecule has 2 heteroatoms. The molecule has 0 bridgehead atoms. The number of piperidine rings is 1. The fraction of sp³-hybridized carbons (Fsp3) is 0.714. The van der Waals surface area contributed by atoms with E-state index in [1.165, 1.54) is 50.6 Å². The zero-order chi connectivity index (χ0) is 16.4. The maximum atomic E-state index is 6.36. The van der Waals surface area contributed by atoms with Gasteiger partial charge < -0.3 is 5.73 Å². The van der Waals surface area contributed by atoms with Crippen LogP contribution >= 0.6 is 0 Å². The molecule has 3 rings (SSSR count). The molecule has 0 aromatic heterocycles. The van der Waals surface area contributed by atoms with Crippen LogP contribution < -0.4 is 5.73 Å². The minimum absolute atomic E-state index is 0.341. The Morgan fingerprint density at radius 3 is 2.57 bits per heavy atom. The van der Waals surface area contributed by atoms with Crippen LogP contribution in [0.15, 0.2) is 18.2 Å². The van der Waals surface area contributed by atoms with Gasteiger partial charge in [0.05, 0.1) is 0 Å². The second-order valence-electron chi connectivity index (χ2n) is 9.13. The molecule has 1 aliphatic heterocycles. The van der Waals surface area contributed by atoms with Crippen molar-refractivity contribution in [3.63, 3.8) is 0 Å². The lowest BCUT2D eigenvalue weighted by atomic mass is 9.80. The average Bonchev–Trinajstić information content (AvgIpc) is 2.44. The van der Waals surface area contributed by atoms with Crippen LogP contribution in [-0.4, -0.2) is 24.0 Å². The monoisotopic (exact) mass is 314 g/mol. The van der Waals surface area contributed by atoms with Crippen molar-refractivity contribution in [2.45, 2.75) is 71.9 Å². The molecule has 0 saturated carbocycles. The van der Waals surface area contributed by atoms with E-state index in [2.05, 4.69) is 43.9 Å². The normalized spacial score (nSPS) is 26.1. The molecule has 1 aliphatic carbocycles. The molecule has 128 valence electrons. The maximum Gasteiger partial charge on any atom is 0.0234 e. The van der Waals surface area contributed by atoms with Crippen LogP contribution in [-0.2, 0) is 19.4 Å². The van der Waals surface area contributed by atoms with Crippen molar-refractivity contribution >= 4 is 0 Å². The summed E-state index contributed by atoms with van der Waals surface area (Å²) in [5.41, 5.74) is 11.4. The van der Waals surface area contributed by atoms with Crippen molar-refractivity contribution in [3.8, 4) is 0 Å². The molecule has 2 nitrogen and oxygen atoms in total. The van der Waals surface area contributed by atoms with Crippen molar-refractivity contribution in [1.29, 1.82) is 0 Å². The van der Waals surface area contributed by atoms with Gasteiger partial charge in [0.15, 0.2) is 0 Å². The van der Waals surface area contributed by atoms with Gasteiger partial charge in [0.25, 0.3) is 0 Å². The summed E-state index contributed by atoms with van der Waals surface area (Å²) in [5, 5.41) is 0. The van der Waals surface area contributed by atoms with E-state index in [1.54, 1.807) is 11.1 Å². The van der Waals surface area contributed by atoms with E-state index in [0.29, 0.717) is 11.5 Å². The first-order chi connectivity index (χ1) is 10.9. The molecular weight excluding hydrogens is 280 g/mol. The van der Waals surface area contributed by atoms with Gasteiger partial charge in [-0.25, -0.2) is 0 Å². The fourth-order valence-corrected chi connectivity index (χ4v) is 4.63. The lowest BCUT2D eigenvalue weighted by Crippen LogP contribution is -2.47. The zero-order valence-corrected chi connectivity index (χ0v) is 15.3. The Morgan fingerprint density at radius 2 is 1.83 bits per heavy atom. The van der Waals surface area contributed by atoms with Crippen molar-refractivity contribution in [3.05, 3.63) is 34.9 Å². The number of fused-ring (bicyclic) bond motifs is 1. The van der Waals surface area contributed by atoms with Gasteiger partial charge in [-0.15, -0.1) is 0 Å². The number of aryl methyl sites for hydroxylation is 2. The van der Waals surface area contributed by atoms with Gasteiger partial charge in [-0.05, 0) is 66.5 Å². The smallest absolute Gasteiger partial charge is 0.0234 e. The van der Waals surface area contributed by atoms with Crippen molar-refractivity contribution < 1.29 is 0 Å². The Morgan fingerprint density at radius 1 is 1.09 bits per heavy atom. The highest BCUT2D eigenvalue weighted by Gasteiger charge is 2.28. The zero-order valence-electron chi connectivity index (χ0n) is 15.3. The molecular formula is C21H34N2. The molecule has 23 heavy (non-hydrogen) atoms. The second kappa shape index (κ2) is 6.94. The van der Waals surface area contributed by atoms with Crippen LogP contribution in [0.2, 0.25) is 0 Å². The number of likely N-dealkylation sites (tertiary alicyclic amines) is 1. The van der Waals surface area contributed by atoms with Gasteiger partial charge in [-0.2, -0.15) is 0 Å². The van der Waals surface area contributed by atoms with Crippen LogP contribution in [0.1, 0.15) is 63.1 Å². The highest BCUT2D eigenvalue weighted by atomic mass is 15.1. The molecule has 0 amide bonds. The first-order valence-electron chi connectivity index (χ1n) is 9.48. The predicted molar refractivity (Wildman–Crippen MR) is 98.5 cm³/mol. The van der Waals surface area contributed by atoms with Crippen molar-refractivity contribution in [2.75, 3.05) is 13.1 Å². The van der Waals surface area contributed by atoms with Gasteiger partial charge >= 0.3 is 0 Å². The van der Waals surface area contributed by atoms with E-state index in [4.69, 9.17) is 5.73 Å². The number of rotatable bonds is 3. The molecule has 1 heterocycles. The molecule has 1 aromatic carbocycles. The summed E-state index contributed by atoms with van der Waals surface area (Å²) in [6.45, 7) is 10.4. The SMILES string of the molecule is CC(C)(C)CC1CC(N)CN(Cc2ccc3c(c2)CCCC3)C1. The van der Waals surface area contributed by atoms with Gasteiger partial charge in [-0.3, -0.25) is 4.90 Å². The van der Waals surface area contributed by atoms with E-state index < -0.39 is 0 Å². The minimum Gasteiger partial charge on any atom is -0.327 e. The lowest BCUT2D eigenvalue weighted by Gasteiger charge is -2.39.